The SMILES string of the molecule is C[NH+](C)CCCN(C(=O)CCc1ccccc1)c1nc2c(F)cc(F)cc2s1. The van der Waals surface area contributed by atoms with E-state index in [1.54, 1.807) is 4.90 Å². The molecule has 0 saturated heterocycles. The van der Waals surface area contributed by atoms with Crippen LogP contribution in [-0.2, 0) is 11.2 Å². The van der Waals surface area contributed by atoms with E-state index < -0.39 is 11.6 Å². The molecule has 0 saturated carbocycles. The summed E-state index contributed by atoms with van der Waals surface area (Å²) in [6.07, 6.45) is 1.76. The molecule has 0 aliphatic rings. The van der Waals surface area contributed by atoms with Crippen LogP contribution in [0, 0.1) is 11.6 Å². The number of thiazole rings is 1. The van der Waals surface area contributed by atoms with Gasteiger partial charge in [0.15, 0.2) is 10.9 Å². The number of carbonyl (C=O) groups is 1. The zero-order chi connectivity index (χ0) is 20.1. The molecule has 1 aromatic heterocycles. The van der Waals surface area contributed by atoms with Crippen molar-refractivity contribution in [1.29, 1.82) is 0 Å². The normalized spacial score (nSPS) is 11.3. The molecule has 4 nitrogen and oxygen atoms in total. The quantitative estimate of drug-likeness (QED) is 0.627. The first-order valence-electron chi connectivity index (χ1n) is 9.33. The molecule has 0 aliphatic carbocycles. The van der Waals surface area contributed by atoms with Crippen LogP contribution in [0.3, 0.4) is 0 Å². The fourth-order valence-electron chi connectivity index (χ4n) is 3.01. The van der Waals surface area contributed by atoms with Gasteiger partial charge in [0.25, 0.3) is 0 Å². The minimum absolute atomic E-state index is 0.0578. The van der Waals surface area contributed by atoms with E-state index in [9.17, 15) is 13.6 Å². The van der Waals surface area contributed by atoms with Crippen LogP contribution in [-0.4, -0.2) is 38.1 Å². The first-order chi connectivity index (χ1) is 13.4. The average molecular weight is 405 g/mol. The maximum atomic E-state index is 14.0. The topological polar surface area (TPSA) is 37.6 Å². The van der Waals surface area contributed by atoms with Crippen LogP contribution >= 0.6 is 11.3 Å². The van der Waals surface area contributed by atoms with Crippen molar-refractivity contribution in [3.63, 3.8) is 0 Å². The zero-order valence-corrected chi connectivity index (χ0v) is 16.9. The first-order valence-corrected chi connectivity index (χ1v) is 10.1. The molecular formula is C21H24F2N3OS+. The van der Waals surface area contributed by atoms with Crippen LogP contribution in [0.15, 0.2) is 42.5 Å². The summed E-state index contributed by atoms with van der Waals surface area (Å²) < 4.78 is 28.0. The molecule has 2 aromatic carbocycles. The van der Waals surface area contributed by atoms with Gasteiger partial charge < -0.3 is 4.90 Å². The Morgan fingerprint density at radius 3 is 2.64 bits per heavy atom. The number of halogens is 2. The summed E-state index contributed by atoms with van der Waals surface area (Å²) in [5, 5.41) is 0.423. The minimum atomic E-state index is -0.702. The monoisotopic (exact) mass is 404 g/mol. The largest absolute Gasteiger partial charge is 0.340 e. The smallest absolute Gasteiger partial charge is 0.229 e. The van der Waals surface area contributed by atoms with Crippen LogP contribution in [0.25, 0.3) is 10.2 Å². The lowest BCUT2D eigenvalue weighted by Gasteiger charge is -2.20. The second-order valence-corrected chi connectivity index (χ2v) is 8.08. The van der Waals surface area contributed by atoms with Crippen molar-refractivity contribution in [2.24, 2.45) is 0 Å². The van der Waals surface area contributed by atoms with Crippen molar-refractivity contribution in [1.82, 2.24) is 4.98 Å². The van der Waals surface area contributed by atoms with Crippen LogP contribution in [0.1, 0.15) is 18.4 Å². The van der Waals surface area contributed by atoms with Gasteiger partial charge in [0.2, 0.25) is 5.91 Å². The highest BCUT2D eigenvalue weighted by atomic mass is 32.1. The van der Waals surface area contributed by atoms with Gasteiger partial charge in [-0.05, 0) is 18.1 Å². The third kappa shape index (κ3) is 5.11. The summed E-state index contributed by atoms with van der Waals surface area (Å²) in [6.45, 7) is 1.40. The molecule has 1 heterocycles. The second kappa shape index (κ2) is 9.21. The van der Waals surface area contributed by atoms with E-state index >= 15 is 0 Å². The van der Waals surface area contributed by atoms with Crippen LogP contribution in [0.4, 0.5) is 13.9 Å². The lowest BCUT2D eigenvalue weighted by atomic mass is 10.1. The highest BCUT2D eigenvalue weighted by molar-refractivity contribution is 7.22. The molecule has 3 rings (SSSR count). The number of anilines is 1. The third-order valence-corrected chi connectivity index (χ3v) is 5.49. The van der Waals surface area contributed by atoms with Crippen molar-refractivity contribution in [2.75, 3.05) is 32.1 Å². The number of nitrogens with zero attached hydrogens (tertiary/aromatic N) is 2. The number of fused-ring (bicyclic) bond motifs is 1. The van der Waals surface area contributed by atoms with Gasteiger partial charge in [0, 0.05) is 25.5 Å². The summed E-state index contributed by atoms with van der Waals surface area (Å²) in [4.78, 5) is 20.1. The standard InChI is InChI=1S/C21H23F2N3OS/c1-25(2)11-6-12-26(19(27)10-9-15-7-4-3-5-8-15)21-24-20-17(23)13-16(22)14-18(20)28-21/h3-5,7-8,13-14H,6,9-12H2,1-2H3/p+1. The molecule has 0 unspecified atom stereocenters. The number of rotatable bonds is 8. The Kier molecular flexibility index (Phi) is 6.70. The average Bonchev–Trinajstić information content (AvgIpc) is 3.08. The number of carbonyl (C=O) groups excluding carboxylic acids is 1. The van der Waals surface area contributed by atoms with Gasteiger partial charge in [0.1, 0.15) is 11.3 Å². The molecule has 0 atom stereocenters. The van der Waals surface area contributed by atoms with Crippen molar-refractivity contribution >= 4 is 32.6 Å². The van der Waals surface area contributed by atoms with Gasteiger partial charge in [-0.15, -0.1) is 0 Å². The maximum absolute atomic E-state index is 14.0. The van der Waals surface area contributed by atoms with Crippen LogP contribution in [0.5, 0.6) is 0 Å². The summed E-state index contributed by atoms with van der Waals surface area (Å²) in [6, 6.07) is 11.9. The molecule has 1 N–H and O–H groups in total. The lowest BCUT2D eigenvalue weighted by Crippen LogP contribution is -3.05. The van der Waals surface area contributed by atoms with Gasteiger partial charge in [-0.3, -0.25) is 9.69 Å². The highest BCUT2D eigenvalue weighted by Gasteiger charge is 2.21. The molecular weight excluding hydrogens is 380 g/mol. The van der Waals surface area contributed by atoms with E-state index in [1.807, 2.05) is 30.3 Å². The number of amides is 1. The van der Waals surface area contributed by atoms with E-state index in [2.05, 4.69) is 19.1 Å². The summed E-state index contributed by atoms with van der Waals surface area (Å²) in [7, 11) is 4.11. The van der Waals surface area contributed by atoms with E-state index in [0.29, 0.717) is 29.2 Å². The molecule has 148 valence electrons. The first kappa shape index (κ1) is 20.4. The lowest BCUT2D eigenvalue weighted by molar-refractivity contribution is -0.858. The Morgan fingerprint density at radius 2 is 1.93 bits per heavy atom. The van der Waals surface area contributed by atoms with Crippen molar-refractivity contribution in [3.05, 3.63) is 59.7 Å². The molecule has 0 aliphatic heterocycles. The Morgan fingerprint density at radius 1 is 1.18 bits per heavy atom. The molecule has 0 bridgehead atoms. The van der Waals surface area contributed by atoms with Crippen LogP contribution < -0.4 is 9.80 Å². The predicted molar refractivity (Wildman–Crippen MR) is 109 cm³/mol. The summed E-state index contributed by atoms with van der Waals surface area (Å²) in [5.41, 5.74) is 1.20. The third-order valence-electron chi connectivity index (χ3n) is 4.46. The number of hydrogen-bond acceptors (Lipinski definition) is 3. The Hall–Kier alpha value is -2.38. The van der Waals surface area contributed by atoms with Crippen LogP contribution in [0.2, 0.25) is 0 Å². The molecule has 1 amide bonds. The van der Waals surface area contributed by atoms with Crippen molar-refractivity contribution in [3.8, 4) is 0 Å². The van der Waals surface area contributed by atoms with Gasteiger partial charge in [-0.25, -0.2) is 13.8 Å². The number of quaternary nitrogens is 1. The number of nitrogens with one attached hydrogen (secondary N) is 1. The minimum Gasteiger partial charge on any atom is -0.340 e. The molecule has 0 spiro atoms. The molecule has 3 aromatic rings. The zero-order valence-electron chi connectivity index (χ0n) is 16.0. The van der Waals surface area contributed by atoms with E-state index in [-0.39, 0.29) is 11.4 Å². The molecule has 0 radical (unpaired) electrons. The number of benzene rings is 2. The van der Waals surface area contributed by atoms with E-state index in [4.69, 9.17) is 0 Å². The molecule has 0 fully saturated rings. The van der Waals surface area contributed by atoms with Gasteiger partial charge in [0.05, 0.1) is 25.3 Å². The Balaban J connectivity index is 1.81. The second-order valence-electron chi connectivity index (χ2n) is 7.07. The van der Waals surface area contributed by atoms with E-state index in [1.165, 1.54) is 11.0 Å². The van der Waals surface area contributed by atoms with Gasteiger partial charge in [-0.2, -0.15) is 0 Å². The van der Waals surface area contributed by atoms with E-state index in [0.717, 1.165) is 35.9 Å². The predicted octanol–water partition coefficient (Wildman–Crippen LogP) is 3.07. The number of hydrogen-bond donors (Lipinski definition) is 1. The van der Waals surface area contributed by atoms with Crippen molar-refractivity contribution in [2.45, 2.75) is 19.3 Å². The number of aromatic nitrogens is 1. The summed E-state index contributed by atoms with van der Waals surface area (Å²) in [5.74, 6) is -1.40. The maximum Gasteiger partial charge on any atom is 0.229 e. The fraction of sp³-hybridized carbons (Fsp3) is 0.333. The molecule has 28 heavy (non-hydrogen) atoms. The number of aryl methyl sites for hydroxylation is 1. The fourth-order valence-corrected chi connectivity index (χ4v) is 4.06. The Bertz CT molecular complexity index is 943. The molecule has 7 heteroatoms. The summed E-state index contributed by atoms with van der Waals surface area (Å²) >= 11 is 1.15. The Labute approximate surface area is 167 Å². The highest BCUT2D eigenvalue weighted by Crippen LogP contribution is 2.31. The van der Waals surface area contributed by atoms with Gasteiger partial charge in [-0.1, -0.05) is 41.7 Å². The van der Waals surface area contributed by atoms with Crippen molar-refractivity contribution < 1.29 is 18.5 Å². The van der Waals surface area contributed by atoms with Gasteiger partial charge >= 0.3 is 0 Å².